The average Bonchev–Trinajstić information content (AvgIpc) is 2.15. The van der Waals surface area contributed by atoms with Crippen LogP contribution in [0, 0.1) is 0 Å². The van der Waals surface area contributed by atoms with Crippen molar-refractivity contribution in [2.75, 3.05) is 11.5 Å². The highest BCUT2D eigenvalue weighted by Crippen LogP contribution is 2.24. The predicted molar refractivity (Wildman–Crippen MR) is 69.6 cm³/mol. The van der Waals surface area contributed by atoms with Gasteiger partial charge >= 0.3 is 0 Å². The van der Waals surface area contributed by atoms with Gasteiger partial charge in [-0.2, -0.15) is 11.8 Å². The Balaban J connectivity index is 2.42. The molecule has 1 aromatic carbocycles. The monoisotopic (exact) mass is 273 g/mol. The van der Waals surface area contributed by atoms with E-state index in [0.29, 0.717) is 0 Å². The van der Waals surface area contributed by atoms with Gasteiger partial charge in [-0.25, -0.2) is 0 Å². The number of thioether (sulfide) groups is 1. The van der Waals surface area contributed by atoms with Crippen LogP contribution in [0.2, 0.25) is 0 Å². The van der Waals surface area contributed by atoms with Crippen molar-refractivity contribution < 1.29 is 0 Å². The number of hydrogen-bond donors (Lipinski definition) is 1. The normalized spacial score (nSPS) is 10.4. The molecule has 0 aliphatic heterocycles. The van der Waals surface area contributed by atoms with Gasteiger partial charge in [0.25, 0.3) is 0 Å². The highest BCUT2D eigenvalue weighted by atomic mass is 79.9. The van der Waals surface area contributed by atoms with Crippen LogP contribution in [0.4, 0.5) is 5.69 Å². The highest BCUT2D eigenvalue weighted by molar-refractivity contribution is 9.10. The van der Waals surface area contributed by atoms with Crippen molar-refractivity contribution in [2.45, 2.75) is 25.5 Å². The first-order valence-corrected chi connectivity index (χ1v) is 6.80. The summed E-state index contributed by atoms with van der Waals surface area (Å²) in [5.74, 6) is 2.31. The van der Waals surface area contributed by atoms with Crippen LogP contribution in [-0.4, -0.2) is 5.75 Å². The first kappa shape index (κ1) is 11.9. The summed E-state index contributed by atoms with van der Waals surface area (Å²) in [5, 5.41) is 0. The maximum atomic E-state index is 5.67. The van der Waals surface area contributed by atoms with Gasteiger partial charge in [0.15, 0.2) is 0 Å². The van der Waals surface area contributed by atoms with E-state index in [2.05, 4.69) is 28.9 Å². The van der Waals surface area contributed by atoms with Crippen LogP contribution in [0.25, 0.3) is 0 Å². The van der Waals surface area contributed by atoms with E-state index in [-0.39, 0.29) is 0 Å². The lowest BCUT2D eigenvalue weighted by Crippen LogP contribution is -1.89. The van der Waals surface area contributed by atoms with E-state index in [1.54, 1.807) is 0 Å². The maximum Gasteiger partial charge on any atom is 0.0325 e. The lowest BCUT2D eigenvalue weighted by Gasteiger charge is -2.04. The fourth-order valence-corrected chi connectivity index (χ4v) is 2.94. The molecule has 14 heavy (non-hydrogen) atoms. The number of nitrogens with two attached hydrogens (primary N) is 1. The van der Waals surface area contributed by atoms with Gasteiger partial charge in [-0.15, -0.1) is 0 Å². The summed E-state index contributed by atoms with van der Waals surface area (Å²) in [6.45, 7) is 2.22. The van der Waals surface area contributed by atoms with Crippen LogP contribution < -0.4 is 5.73 Å². The van der Waals surface area contributed by atoms with Gasteiger partial charge in [-0.05, 0) is 29.9 Å². The highest BCUT2D eigenvalue weighted by Gasteiger charge is 1.99. The molecule has 1 aromatic rings. The molecular formula is C11H16BrNS. The first-order chi connectivity index (χ1) is 6.74. The largest absolute Gasteiger partial charge is 0.399 e. The molecule has 0 radical (unpaired) electrons. The van der Waals surface area contributed by atoms with Crippen LogP contribution >= 0.6 is 27.7 Å². The van der Waals surface area contributed by atoms with Crippen LogP contribution in [0.3, 0.4) is 0 Å². The molecular weight excluding hydrogens is 258 g/mol. The van der Waals surface area contributed by atoms with E-state index in [0.717, 1.165) is 15.9 Å². The Kier molecular flexibility index (Phi) is 5.41. The second-order valence-corrected chi connectivity index (χ2v) is 5.22. The molecule has 0 atom stereocenters. The van der Waals surface area contributed by atoms with Crippen molar-refractivity contribution in [1.29, 1.82) is 0 Å². The molecule has 0 aliphatic carbocycles. The molecule has 0 fully saturated rings. The van der Waals surface area contributed by atoms with E-state index in [1.807, 2.05) is 23.9 Å². The van der Waals surface area contributed by atoms with Crippen LogP contribution in [0.1, 0.15) is 25.3 Å². The number of rotatable bonds is 5. The maximum absolute atomic E-state index is 5.67. The Morgan fingerprint density at radius 1 is 1.43 bits per heavy atom. The standard InChI is InChI=1S/C11H16BrNS/c1-2-3-6-14-8-9-4-5-10(13)7-11(9)12/h4-5,7H,2-3,6,8,13H2,1H3. The zero-order valence-electron chi connectivity index (χ0n) is 8.42. The zero-order valence-corrected chi connectivity index (χ0v) is 10.8. The minimum absolute atomic E-state index is 0.819. The van der Waals surface area contributed by atoms with Crippen LogP contribution in [-0.2, 0) is 5.75 Å². The van der Waals surface area contributed by atoms with Crippen molar-refractivity contribution in [3.63, 3.8) is 0 Å². The molecule has 0 aliphatic rings. The predicted octanol–water partition coefficient (Wildman–Crippen LogP) is 4.06. The molecule has 0 spiro atoms. The fraction of sp³-hybridized carbons (Fsp3) is 0.455. The van der Waals surface area contributed by atoms with E-state index < -0.39 is 0 Å². The van der Waals surface area contributed by atoms with Gasteiger partial charge in [-0.3, -0.25) is 0 Å². The molecule has 1 nitrogen and oxygen atoms in total. The fourth-order valence-electron chi connectivity index (χ4n) is 1.11. The molecule has 3 heteroatoms. The number of halogens is 1. The smallest absolute Gasteiger partial charge is 0.0325 e. The van der Waals surface area contributed by atoms with Crippen molar-refractivity contribution in [3.8, 4) is 0 Å². The molecule has 78 valence electrons. The third-order valence-corrected chi connectivity index (χ3v) is 3.81. The summed E-state index contributed by atoms with van der Waals surface area (Å²) >= 11 is 5.50. The Morgan fingerprint density at radius 2 is 2.21 bits per heavy atom. The van der Waals surface area contributed by atoms with Gasteiger partial charge < -0.3 is 5.73 Å². The molecule has 2 N–H and O–H groups in total. The Labute approximate surface area is 98.6 Å². The van der Waals surface area contributed by atoms with E-state index in [1.165, 1.54) is 24.2 Å². The molecule has 1 rings (SSSR count). The van der Waals surface area contributed by atoms with Gasteiger partial charge in [0, 0.05) is 15.9 Å². The number of nitrogen functional groups attached to an aromatic ring is 1. The molecule has 0 unspecified atom stereocenters. The molecule has 0 saturated heterocycles. The lowest BCUT2D eigenvalue weighted by atomic mass is 10.2. The van der Waals surface area contributed by atoms with E-state index >= 15 is 0 Å². The van der Waals surface area contributed by atoms with Crippen LogP contribution in [0.5, 0.6) is 0 Å². The van der Waals surface area contributed by atoms with E-state index in [4.69, 9.17) is 5.73 Å². The summed E-state index contributed by atoms with van der Waals surface area (Å²) in [4.78, 5) is 0. The average molecular weight is 274 g/mol. The lowest BCUT2D eigenvalue weighted by molar-refractivity contribution is 0.896. The van der Waals surface area contributed by atoms with Gasteiger partial charge in [0.1, 0.15) is 0 Å². The number of unbranched alkanes of at least 4 members (excludes halogenated alkanes) is 1. The minimum Gasteiger partial charge on any atom is -0.399 e. The summed E-state index contributed by atoms with van der Waals surface area (Å²) < 4.78 is 1.13. The summed E-state index contributed by atoms with van der Waals surface area (Å²) in [7, 11) is 0. The minimum atomic E-state index is 0.819. The second kappa shape index (κ2) is 6.36. The third-order valence-electron chi connectivity index (χ3n) is 1.98. The third kappa shape index (κ3) is 3.93. The van der Waals surface area contributed by atoms with Crippen molar-refractivity contribution in [1.82, 2.24) is 0 Å². The number of anilines is 1. The summed E-state index contributed by atoms with van der Waals surface area (Å²) in [6, 6.07) is 6.02. The Hall–Kier alpha value is -0.150. The van der Waals surface area contributed by atoms with Gasteiger partial charge in [-0.1, -0.05) is 35.3 Å². The molecule has 0 aromatic heterocycles. The zero-order chi connectivity index (χ0) is 10.4. The first-order valence-electron chi connectivity index (χ1n) is 4.85. The van der Waals surface area contributed by atoms with Crippen LogP contribution in [0.15, 0.2) is 22.7 Å². The Bertz CT molecular complexity index is 289. The number of hydrogen-bond acceptors (Lipinski definition) is 2. The van der Waals surface area contributed by atoms with Crippen molar-refractivity contribution in [2.24, 2.45) is 0 Å². The SMILES string of the molecule is CCCCSCc1ccc(N)cc1Br. The summed E-state index contributed by atoms with van der Waals surface area (Å²) in [5.41, 5.74) is 7.82. The Morgan fingerprint density at radius 3 is 2.86 bits per heavy atom. The van der Waals surface area contributed by atoms with E-state index in [9.17, 15) is 0 Å². The molecule has 0 bridgehead atoms. The van der Waals surface area contributed by atoms with Gasteiger partial charge in [0.05, 0.1) is 0 Å². The quantitative estimate of drug-likeness (QED) is 0.647. The van der Waals surface area contributed by atoms with Crippen molar-refractivity contribution in [3.05, 3.63) is 28.2 Å². The topological polar surface area (TPSA) is 26.0 Å². The second-order valence-electron chi connectivity index (χ2n) is 3.26. The molecule has 0 amide bonds. The number of benzene rings is 1. The summed E-state index contributed by atoms with van der Waals surface area (Å²) in [6.07, 6.45) is 2.58. The van der Waals surface area contributed by atoms with Gasteiger partial charge in [0.2, 0.25) is 0 Å². The van der Waals surface area contributed by atoms with Crippen molar-refractivity contribution >= 4 is 33.4 Å². The molecule has 0 heterocycles. The molecule has 0 saturated carbocycles.